The lowest BCUT2D eigenvalue weighted by Gasteiger charge is -2.06. The van der Waals surface area contributed by atoms with Gasteiger partial charge >= 0.3 is 0 Å². The second-order valence-electron chi connectivity index (χ2n) is 3.22. The molecule has 16 heavy (non-hydrogen) atoms. The fraction of sp³-hybridized carbons (Fsp3) is 0. The van der Waals surface area contributed by atoms with E-state index in [-0.39, 0.29) is 5.02 Å². The number of anilines is 1. The van der Waals surface area contributed by atoms with E-state index in [2.05, 4.69) is 0 Å². The summed E-state index contributed by atoms with van der Waals surface area (Å²) in [6, 6.07) is 12.4. The molecule has 82 valence electrons. The Labute approximate surface area is 102 Å². The maximum atomic E-state index is 13.3. The van der Waals surface area contributed by atoms with Gasteiger partial charge < -0.3 is 5.73 Å². The lowest BCUT2D eigenvalue weighted by atomic mass is 10.3. The summed E-state index contributed by atoms with van der Waals surface area (Å²) in [5.74, 6) is -0.450. The molecule has 0 saturated heterocycles. The first-order valence-electron chi connectivity index (χ1n) is 4.64. The van der Waals surface area contributed by atoms with Crippen LogP contribution in [0.25, 0.3) is 0 Å². The highest BCUT2D eigenvalue weighted by Gasteiger charge is 2.07. The number of rotatable bonds is 2. The fourth-order valence-corrected chi connectivity index (χ4v) is 2.31. The van der Waals surface area contributed by atoms with E-state index in [1.807, 2.05) is 30.3 Å². The highest BCUT2D eigenvalue weighted by atomic mass is 35.5. The standard InChI is InChI=1S/C12H9ClFNS/c13-9-6-11(15)12(7-10(9)14)16-8-4-2-1-3-5-8/h1-7H,15H2. The summed E-state index contributed by atoms with van der Waals surface area (Å²) in [6.45, 7) is 0. The molecule has 1 nitrogen and oxygen atoms in total. The van der Waals surface area contributed by atoms with Crippen LogP contribution in [-0.2, 0) is 0 Å². The zero-order valence-electron chi connectivity index (χ0n) is 8.28. The van der Waals surface area contributed by atoms with Crippen LogP contribution in [0.1, 0.15) is 0 Å². The summed E-state index contributed by atoms with van der Waals surface area (Å²) in [4.78, 5) is 1.68. The minimum atomic E-state index is -0.450. The van der Waals surface area contributed by atoms with E-state index in [1.165, 1.54) is 23.9 Å². The van der Waals surface area contributed by atoms with Gasteiger partial charge in [0.15, 0.2) is 0 Å². The number of hydrogen-bond acceptors (Lipinski definition) is 2. The van der Waals surface area contributed by atoms with Gasteiger partial charge in [0.05, 0.1) is 5.02 Å². The second-order valence-corrected chi connectivity index (χ2v) is 4.74. The van der Waals surface area contributed by atoms with Crippen molar-refractivity contribution in [3.63, 3.8) is 0 Å². The lowest BCUT2D eigenvalue weighted by Crippen LogP contribution is -1.90. The minimum absolute atomic E-state index is 0.0508. The van der Waals surface area contributed by atoms with Gasteiger partial charge in [-0.1, -0.05) is 41.6 Å². The van der Waals surface area contributed by atoms with Crippen molar-refractivity contribution in [2.45, 2.75) is 9.79 Å². The quantitative estimate of drug-likeness (QED) is 0.812. The van der Waals surface area contributed by atoms with Crippen molar-refractivity contribution >= 4 is 29.1 Å². The first kappa shape index (κ1) is 11.3. The van der Waals surface area contributed by atoms with Crippen LogP contribution < -0.4 is 5.73 Å². The van der Waals surface area contributed by atoms with E-state index >= 15 is 0 Å². The number of halogens is 2. The Kier molecular flexibility index (Phi) is 3.36. The molecule has 0 aliphatic heterocycles. The largest absolute Gasteiger partial charge is 0.398 e. The first-order valence-corrected chi connectivity index (χ1v) is 5.83. The highest BCUT2D eigenvalue weighted by Crippen LogP contribution is 2.34. The molecule has 2 rings (SSSR count). The van der Waals surface area contributed by atoms with Gasteiger partial charge in [0.2, 0.25) is 0 Å². The third-order valence-electron chi connectivity index (χ3n) is 2.02. The van der Waals surface area contributed by atoms with E-state index in [1.54, 1.807) is 0 Å². The molecular formula is C12H9ClFNS. The predicted octanol–water partition coefficient (Wildman–Crippen LogP) is 4.21. The van der Waals surface area contributed by atoms with Crippen molar-refractivity contribution in [3.05, 3.63) is 53.3 Å². The Morgan fingerprint density at radius 2 is 1.81 bits per heavy atom. The molecule has 0 atom stereocenters. The molecule has 0 amide bonds. The summed E-state index contributed by atoms with van der Waals surface area (Å²) in [5.41, 5.74) is 6.25. The summed E-state index contributed by atoms with van der Waals surface area (Å²) < 4.78 is 13.3. The molecule has 0 saturated carbocycles. The summed E-state index contributed by atoms with van der Waals surface area (Å²) in [5, 5.41) is 0.0508. The fourth-order valence-electron chi connectivity index (χ4n) is 1.25. The molecule has 2 aromatic carbocycles. The summed E-state index contributed by atoms with van der Waals surface area (Å²) >= 11 is 7.04. The van der Waals surface area contributed by atoms with Crippen LogP contribution in [0.3, 0.4) is 0 Å². The maximum absolute atomic E-state index is 13.3. The molecule has 0 aromatic heterocycles. The molecule has 2 N–H and O–H groups in total. The number of nitrogens with two attached hydrogens (primary N) is 1. The van der Waals surface area contributed by atoms with Crippen LogP contribution in [0, 0.1) is 5.82 Å². The maximum Gasteiger partial charge on any atom is 0.143 e. The molecule has 0 fully saturated rings. The Hall–Kier alpha value is -1.19. The van der Waals surface area contributed by atoms with Gasteiger partial charge in [0.1, 0.15) is 5.82 Å². The van der Waals surface area contributed by atoms with Crippen molar-refractivity contribution in [1.29, 1.82) is 0 Å². The topological polar surface area (TPSA) is 26.0 Å². The predicted molar refractivity (Wildman–Crippen MR) is 66.4 cm³/mol. The van der Waals surface area contributed by atoms with Crippen LogP contribution in [0.4, 0.5) is 10.1 Å². The van der Waals surface area contributed by atoms with Crippen LogP contribution >= 0.6 is 23.4 Å². The van der Waals surface area contributed by atoms with E-state index in [4.69, 9.17) is 17.3 Å². The zero-order chi connectivity index (χ0) is 11.5. The van der Waals surface area contributed by atoms with Gasteiger partial charge in [-0.15, -0.1) is 0 Å². The van der Waals surface area contributed by atoms with Crippen molar-refractivity contribution in [2.75, 3.05) is 5.73 Å². The third-order valence-corrected chi connectivity index (χ3v) is 3.39. The Morgan fingerprint density at radius 1 is 1.12 bits per heavy atom. The second kappa shape index (κ2) is 4.76. The van der Waals surface area contributed by atoms with Gasteiger partial charge in [0.25, 0.3) is 0 Å². The minimum Gasteiger partial charge on any atom is -0.398 e. The van der Waals surface area contributed by atoms with Gasteiger partial charge in [-0.05, 0) is 24.3 Å². The molecule has 0 aliphatic rings. The first-order chi connectivity index (χ1) is 7.66. The Bertz CT molecular complexity index is 502. The van der Waals surface area contributed by atoms with Crippen molar-refractivity contribution < 1.29 is 4.39 Å². The zero-order valence-corrected chi connectivity index (χ0v) is 9.86. The molecule has 0 heterocycles. The number of nitrogen functional groups attached to an aromatic ring is 1. The van der Waals surface area contributed by atoms with Gasteiger partial charge in [0, 0.05) is 15.5 Å². The molecule has 0 unspecified atom stereocenters. The smallest absolute Gasteiger partial charge is 0.143 e. The third kappa shape index (κ3) is 2.49. The normalized spacial score (nSPS) is 10.4. The van der Waals surface area contributed by atoms with Gasteiger partial charge in [-0.25, -0.2) is 4.39 Å². The van der Waals surface area contributed by atoms with Crippen LogP contribution in [0.2, 0.25) is 5.02 Å². The molecule has 0 radical (unpaired) electrons. The van der Waals surface area contributed by atoms with Gasteiger partial charge in [-0.3, -0.25) is 0 Å². The number of hydrogen-bond donors (Lipinski definition) is 1. The lowest BCUT2D eigenvalue weighted by molar-refractivity contribution is 0.625. The Morgan fingerprint density at radius 3 is 2.50 bits per heavy atom. The monoisotopic (exact) mass is 253 g/mol. The molecule has 0 spiro atoms. The number of benzene rings is 2. The van der Waals surface area contributed by atoms with Crippen LogP contribution in [0.15, 0.2) is 52.3 Å². The van der Waals surface area contributed by atoms with Crippen molar-refractivity contribution in [3.8, 4) is 0 Å². The molecule has 0 bridgehead atoms. The van der Waals surface area contributed by atoms with Crippen LogP contribution in [-0.4, -0.2) is 0 Å². The van der Waals surface area contributed by atoms with E-state index < -0.39 is 5.82 Å². The van der Waals surface area contributed by atoms with Crippen molar-refractivity contribution in [1.82, 2.24) is 0 Å². The average Bonchev–Trinajstić information content (AvgIpc) is 2.27. The molecular weight excluding hydrogens is 245 g/mol. The van der Waals surface area contributed by atoms with E-state index in [0.29, 0.717) is 10.6 Å². The van der Waals surface area contributed by atoms with E-state index in [0.717, 1.165) is 4.90 Å². The average molecular weight is 254 g/mol. The van der Waals surface area contributed by atoms with Crippen LogP contribution in [0.5, 0.6) is 0 Å². The summed E-state index contributed by atoms with van der Waals surface area (Å²) in [7, 11) is 0. The van der Waals surface area contributed by atoms with E-state index in [9.17, 15) is 4.39 Å². The summed E-state index contributed by atoms with van der Waals surface area (Å²) in [6.07, 6.45) is 0. The molecule has 4 heteroatoms. The molecule has 0 aliphatic carbocycles. The SMILES string of the molecule is Nc1cc(Cl)c(F)cc1Sc1ccccc1. The highest BCUT2D eigenvalue weighted by molar-refractivity contribution is 7.99. The Balaban J connectivity index is 2.32. The van der Waals surface area contributed by atoms with Gasteiger partial charge in [-0.2, -0.15) is 0 Å². The molecule has 2 aromatic rings. The van der Waals surface area contributed by atoms with Crippen molar-refractivity contribution in [2.24, 2.45) is 0 Å².